The average Bonchev–Trinajstić information content (AvgIpc) is 2.80. The van der Waals surface area contributed by atoms with Gasteiger partial charge in [-0.25, -0.2) is 9.59 Å². The van der Waals surface area contributed by atoms with Crippen LogP contribution in [-0.2, 0) is 41.4 Å². The standard InChI is InChI=1S/2C6H6N2O.2C4H4N2O3.6H2O.Zn/c2*7-6(9)5-2-1-3-8-4-5;2*7-2-1-3(8)6-4(9)5-2;;;;;;;/h2*1-4H,(H2,7,9);2*1H,(H3,5,6,7,8,9);6*1H2;/q;;;;;;;;;;+2/p+2. The number of carbonyl (C=O) groups excluding carboxylic acids is 2. The zero-order chi connectivity index (χ0) is 27.1. The molecule has 0 aromatic carbocycles. The van der Waals surface area contributed by atoms with Crippen molar-refractivity contribution in [2.75, 3.05) is 0 Å². The third-order valence-corrected chi connectivity index (χ3v) is 3.36. The number of primary amides is 2. The molecule has 0 atom stereocenters. The van der Waals surface area contributed by atoms with E-state index in [2.05, 4.69) is 9.97 Å². The monoisotopic (exact) mass is 674 g/mol. The molecule has 24 N–H and O–H groups in total. The molecule has 0 fully saturated rings. The molecule has 43 heavy (non-hydrogen) atoms. The van der Waals surface area contributed by atoms with E-state index in [1.54, 1.807) is 36.7 Å². The maximum absolute atomic E-state index is 10.4. The zero-order valence-electron chi connectivity index (χ0n) is 22.1. The fourth-order valence-corrected chi connectivity index (χ4v) is 1.91. The van der Waals surface area contributed by atoms with Crippen LogP contribution in [0.5, 0.6) is 11.8 Å². The number of rotatable bonds is 2. The Morgan fingerprint density at radius 2 is 0.930 bits per heavy atom. The van der Waals surface area contributed by atoms with Crippen LogP contribution in [0.3, 0.4) is 0 Å². The van der Waals surface area contributed by atoms with Gasteiger partial charge in [0.25, 0.3) is 11.1 Å². The number of hydrogen-bond donors (Lipinski definition) is 6. The maximum atomic E-state index is 10.4. The number of aromatic amines is 4. The molecule has 0 radical (unpaired) electrons. The molecule has 0 bridgehead atoms. The molecule has 0 spiro atoms. The van der Waals surface area contributed by atoms with E-state index in [1.807, 2.05) is 19.9 Å². The Morgan fingerprint density at radius 3 is 1.09 bits per heavy atom. The largest absolute Gasteiger partial charge is 2.00 e. The Labute approximate surface area is 251 Å². The van der Waals surface area contributed by atoms with Gasteiger partial charge in [-0.05, 0) is 36.0 Å². The number of aromatic nitrogens is 6. The maximum Gasteiger partial charge on any atom is 2.00 e. The number of carbonyl (C=O) groups is 2. The third-order valence-electron chi connectivity index (χ3n) is 3.36. The van der Waals surface area contributed by atoms with Gasteiger partial charge in [0.05, 0.1) is 11.1 Å². The summed E-state index contributed by atoms with van der Waals surface area (Å²) in [7, 11) is 0. The summed E-state index contributed by atoms with van der Waals surface area (Å²) in [6.07, 6.45) is 6.05. The smallest absolute Gasteiger partial charge is 0.860 e. The first-order valence-electron chi connectivity index (χ1n) is 9.39. The van der Waals surface area contributed by atoms with Crippen LogP contribution in [0.2, 0.25) is 0 Å². The van der Waals surface area contributed by atoms with Crippen molar-refractivity contribution in [1.29, 1.82) is 0 Å². The number of pyridine rings is 2. The fraction of sp³-hybridized carbons (Fsp3) is 0. The molecule has 0 aliphatic heterocycles. The van der Waals surface area contributed by atoms with E-state index < -0.39 is 46.1 Å². The van der Waals surface area contributed by atoms with Crippen LogP contribution in [-0.4, -0.2) is 52.7 Å². The topological polar surface area (TPSA) is 485 Å². The van der Waals surface area contributed by atoms with Gasteiger partial charge < -0.3 is 64.5 Å². The molecule has 4 rings (SSSR count). The minimum absolute atomic E-state index is 0. The van der Waals surface area contributed by atoms with Crippen molar-refractivity contribution in [3.05, 3.63) is 114 Å². The number of nitrogens with two attached hydrogens (primary N) is 2. The van der Waals surface area contributed by atoms with Crippen LogP contribution < -0.4 is 44.2 Å². The predicted molar refractivity (Wildman–Crippen MR) is 146 cm³/mol. The SMILES string of the molecule is NC(=O)c1cccnc1.NC(=O)c1cccnc1.O.O.O=c1cc([O-])[nH]c(=O)[nH]1.O=c1cc([O-])[nH]c(=O)[nH]1.[OH3+].[OH3+].[OH3+].[OH3+].[Zn+2]. The van der Waals surface area contributed by atoms with Crippen molar-refractivity contribution in [3.63, 3.8) is 0 Å². The third kappa shape index (κ3) is 24.1. The van der Waals surface area contributed by atoms with Gasteiger partial charge >= 0.3 is 30.9 Å². The summed E-state index contributed by atoms with van der Waals surface area (Å²) in [5.41, 5.74) is 7.86. The molecule has 0 aliphatic carbocycles. The Morgan fingerprint density at radius 1 is 0.628 bits per heavy atom. The Hall–Kier alpha value is -5.42. The van der Waals surface area contributed by atoms with E-state index >= 15 is 0 Å². The van der Waals surface area contributed by atoms with Gasteiger partial charge in [-0.15, -0.1) is 0 Å². The molecule has 2 amide bonds. The summed E-state index contributed by atoms with van der Waals surface area (Å²) in [5, 5.41) is 20.5. The van der Waals surface area contributed by atoms with Gasteiger partial charge in [0.1, 0.15) is 0 Å². The van der Waals surface area contributed by atoms with Crippen molar-refractivity contribution in [2.24, 2.45) is 11.5 Å². The summed E-state index contributed by atoms with van der Waals surface area (Å²) < 4.78 is 0. The van der Waals surface area contributed by atoms with Crippen molar-refractivity contribution in [3.8, 4) is 11.8 Å². The number of H-pyrrole nitrogens is 4. The average molecular weight is 676 g/mol. The molecule has 23 heteroatoms. The first-order valence-corrected chi connectivity index (χ1v) is 9.39. The van der Waals surface area contributed by atoms with E-state index in [-0.39, 0.29) is 52.3 Å². The van der Waals surface area contributed by atoms with Gasteiger partial charge in [-0.3, -0.25) is 39.1 Å². The second-order valence-electron chi connectivity index (χ2n) is 6.12. The van der Waals surface area contributed by atoms with Gasteiger partial charge in [0.15, 0.2) is 0 Å². The Bertz CT molecular complexity index is 1340. The zero-order valence-corrected chi connectivity index (χ0v) is 25.1. The first-order chi connectivity index (χ1) is 17.0. The van der Waals surface area contributed by atoms with Gasteiger partial charge in [0.2, 0.25) is 11.8 Å². The Kier molecular flexibility index (Phi) is 35.2. The predicted octanol–water partition coefficient (Wildman–Crippen LogP) is -8.70. The van der Waals surface area contributed by atoms with Gasteiger partial charge in [-0.1, -0.05) is 0 Å². The normalized spacial score (nSPS) is 7.63. The molecule has 4 aromatic rings. The fourth-order valence-electron chi connectivity index (χ4n) is 1.91. The van der Waals surface area contributed by atoms with E-state index in [1.165, 1.54) is 12.4 Å². The van der Waals surface area contributed by atoms with Crippen LogP contribution in [0, 0.1) is 0 Å². The van der Waals surface area contributed by atoms with Crippen LogP contribution in [0.4, 0.5) is 0 Å². The molecule has 4 aromatic heterocycles. The van der Waals surface area contributed by atoms with Crippen molar-refractivity contribution in [1.82, 2.24) is 29.9 Å². The van der Waals surface area contributed by atoms with Crippen molar-refractivity contribution in [2.45, 2.75) is 0 Å². The second-order valence-corrected chi connectivity index (χ2v) is 6.12. The van der Waals surface area contributed by atoms with E-state index in [9.17, 15) is 39.0 Å². The molecule has 4 heterocycles. The Balaban J connectivity index is -0.0000000762. The second kappa shape index (κ2) is 28.1. The van der Waals surface area contributed by atoms with Crippen molar-refractivity contribution >= 4 is 11.8 Å². The minimum atomic E-state index is -0.771. The van der Waals surface area contributed by atoms with Crippen LogP contribution >= 0.6 is 0 Å². The van der Waals surface area contributed by atoms with E-state index in [0.717, 1.165) is 12.1 Å². The molecule has 22 nitrogen and oxygen atoms in total. The quantitative estimate of drug-likeness (QED) is 0.0860. The van der Waals surface area contributed by atoms with Crippen LogP contribution in [0.25, 0.3) is 0 Å². The number of nitrogens with one attached hydrogen (secondary N) is 4. The molecular weight excluding hydrogens is 642 g/mol. The number of hydrogen-bond acceptors (Lipinski definition) is 10. The van der Waals surface area contributed by atoms with E-state index in [0.29, 0.717) is 11.1 Å². The molecule has 0 saturated heterocycles. The molecule has 0 saturated carbocycles. The van der Waals surface area contributed by atoms with Crippen LogP contribution in [0.15, 0.2) is 80.4 Å². The van der Waals surface area contributed by atoms with E-state index in [4.69, 9.17) is 11.5 Å². The summed E-state index contributed by atoms with van der Waals surface area (Å²) in [6.45, 7) is 0. The van der Waals surface area contributed by atoms with Gasteiger partial charge in [0, 0.05) is 36.9 Å². The summed E-state index contributed by atoms with van der Waals surface area (Å²) >= 11 is 0. The molecular formula is C20H34N8O14Zn+4. The van der Waals surface area contributed by atoms with Crippen molar-refractivity contribution < 1.29 is 72.1 Å². The molecule has 236 valence electrons. The number of amides is 2. The summed E-state index contributed by atoms with van der Waals surface area (Å²) in [4.78, 5) is 76.4. The molecule has 0 aliphatic rings. The van der Waals surface area contributed by atoms with Gasteiger partial charge in [-0.2, -0.15) is 0 Å². The minimum Gasteiger partial charge on any atom is -0.860 e. The summed E-state index contributed by atoms with van der Waals surface area (Å²) in [5.74, 6) is -2.24. The first kappa shape index (κ1) is 53.8. The summed E-state index contributed by atoms with van der Waals surface area (Å²) in [6, 6.07) is 8.10. The van der Waals surface area contributed by atoms with Crippen LogP contribution in [0.1, 0.15) is 20.7 Å². The molecule has 0 unspecified atom stereocenters. The number of nitrogens with zero attached hydrogens (tertiary/aromatic N) is 2.